The molecule has 3 unspecified atom stereocenters. The standard InChI is InChI=1S/C81H154O17P2/c1-8-10-11-12-13-14-15-16-18-25-30-35-40-48-55-62-78(83)91-68-76(97-80(85)64-57-50-41-36-31-26-20-17-19-23-28-33-38-45-52-59-72(3)4)70-95-99(87,88)93-66-75(82)67-94-100(89,90)96-71-77(69-92-79(84)63-56-49-44-43-46-53-60-73(5)6)98-81(86)65-58-51-42-37-32-27-22-21-24-29-34-39-47-54-61-74(7)9-2/h14-16,18,72-77,82H,8-13,17,19-71H2,1-7H3,(H,87,88)(H,89,90)/b15-14-,18-16-/t74?,75-,76-,77-/m1/s1. The topological polar surface area (TPSA) is 237 Å². The van der Waals surface area contributed by atoms with Crippen LogP contribution in [0, 0.1) is 17.8 Å². The van der Waals surface area contributed by atoms with Crippen molar-refractivity contribution in [3.8, 4) is 0 Å². The van der Waals surface area contributed by atoms with Gasteiger partial charge in [-0.2, -0.15) is 0 Å². The molecular weight excluding hydrogens is 1310 g/mol. The van der Waals surface area contributed by atoms with E-state index in [2.05, 4.69) is 72.8 Å². The maximum atomic E-state index is 13.1. The number of allylic oxidation sites excluding steroid dienone is 4. The first kappa shape index (κ1) is 97.5. The molecule has 0 saturated carbocycles. The molecule has 0 aromatic carbocycles. The highest BCUT2D eigenvalue weighted by Gasteiger charge is 2.30. The zero-order chi connectivity index (χ0) is 73.7. The molecule has 0 aromatic heterocycles. The molecule has 0 aliphatic carbocycles. The Balaban J connectivity index is 5.26. The van der Waals surface area contributed by atoms with Crippen LogP contribution in [0.15, 0.2) is 24.3 Å². The van der Waals surface area contributed by atoms with Crippen LogP contribution in [0.25, 0.3) is 0 Å². The number of carbonyl (C=O) groups is 4. The summed E-state index contributed by atoms with van der Waals surface area (Å²) in [7, 11) is -9.93. The van der Waals surface area contributed by atoms with Crippen molar-refractivity contribution in [2.45, 2.75) is 414 Å². The van der Waals surface area contributed by atoms with Crippen molar-refractivity contribution in [1.29, 1.82) is 0 Å². The number of ether oxygens (including phenoxy) is 4. The average Bonchev–Trinajstić information content (AvgIpc) is 0.931. The lowest BCUT2D eigenvalue weighted by Crippen LogP contribution is -2.30. The number of aliphatic hydroxyl groups is 1. The van der Waals surface area contributed by atoms with Crippen LogP contribution in [-0.4, -0.2) is 96.7 Å². The van der Waals surface area contributed by atoms with Crippen molar-refractivity contribution >= 4 is 39.5 Å². The molecule has 0 aliphatic rings. The minimum atomic E-state index is -4.97. The first-order chi connectivity index (χ1) is 48.3. The van der Waals surface area contributed by atoms with Gasteiger partial charge in [0.15, 0.2) is 12.2 Å². The van der Waals surface area contributed by atoms with Gasteiger partial charge in [0.25, 0.3) is 0 Å². The predicted octanol–water partition coefficient (Wildman–Crippen LogP) is 23.7. The van der Waals surface area contributed by atoms with Gasteiger partial charge in [-0.15, -0.1) is 0 Å². The number of aliphatic hydroxyl groups excluding tert-OH is 1. The molecule has 0 bridgehead atoms. The van der Waals surface area contributed by atoms with E-state index in [0.717, 1.165) is 127 Å². The molecule has 590 valence electrons. The van der Waals surface area contributed by atoms with E-state index in [0.29, 0.717) is 31.6 Å². The SMILES string of the molecule is CCCCCC/C=C\C=C/CCCCCCCC(=O)OC[C@H](COP(=O)(O)OC[C@@H](O)COP(=O)(O)OC[C@@H](COC(=O)CCCCCCCCC(C)C)OC(=O)CCCCCCCCCCCCCCCCC(C)CC)OC(=O)CCCCCCCCCCCCCCCCCC(C)C. The minimum absolute atomic E-state index is 0.101. The number of hydrogen-bond acceptors (Lipinski definition) is 15. The fourth-order valence-electron chi connectivity index (χ4n) is 11.9. The molecule has 6 atom stereocenters. The Kier molecular flexibility index (Phi) is 69.1. The third-order valence-electron chi connectivity index (χ3n) is 18.6. The highest BCUT2D eigenvalue weighted by atomic mass is 31.2. The quantitative estimate of drug-likeness (QED) is 0.0169. The van der Waals surface area contributed by atoms with Crippen molar-refractivity contribution in [2.24, 2.45) is 17.8 Å². The number of hydrogen-bond donors (Lipinski definition) is 3. The minimum Gasteiger partial charge on any atom is -0.462 e. The van der Waals surface area contributed by atoms with Crippen LogP contribution in [0.2, 0.25) is 0 Å². The maximum absolute atomic E-state index is 13.1. The smallest absolute Gasteiger partial charge is 0.462 e. The zero-order valence-corrected chi connectivity index (χ0v) is 66.9. The molecular formula is C81H154O17P2. The van der Waals surface area contributed by atoms with Crippen LogP contribution in [0.4, 0.5) is 0 Å². The second-order valence-electron chi connectivity index (χ2n) is 29.7. The van der Waals surface area contributed by atoms with Crippen LogP contribution in [-0.2, 0) is 65.4 Å². The first-order valence-corrected chi connectivity index (χ1v) is 44.2. The third kappa shape index (κ3) is 72.5. The number of phosphoric acid groups is 2. The summed E-state index contributed by atoms with van der Waals surface area (Å²) in [5.41, 5.74) is 0. The van der Waals surface area contributed by atoms with E-state index in [9.17, 15) is 43.2 Å². The summed E-state index contributed by atoms with van der Waals surface area (Å²) in [6.45, 7) is 11.9. The van der Waals surface area contributed by atoms with Gasteiger partial charge >= 0.3 is 39.5 Å². The molecule has 0 saturated heterocycles. The van der Waals surface area contributed by atoms with Crippen LogP contribution < -0.4 is 0 Å². The van der Waals surface area contributed by atoms with Crippen molar-refractivity contribution in [3.63, 3.8) is 0 Å². The van der Waals surface area contributed by atoms with Gasteiger partial charge in [-0.1, -0.05) is 342 Å². The van der Waals surface area contributed by atoms with Gasteiger partial charge in [-0.3, -0.25) is 37.3 Å². The summed E-state index contributed by atoms with van der Waals surface area (Å²) in [5, 5.41) is 10.6. The monoisotopic (exact) mass is 1460 g/mol. The summed E-state index contributed by atoms with van der Waals surface area (Å²) < 4.78 is 68.6. The van der Waals surface area contributed by atoms with Gasteiger partial charge < -0.3 is 33.8 Å². The zero-order valence-electron chi connectivity index (χ0n) is 65.2. The van der Waals surface area contributed by atoms with E-state index in [1.165, 1.54) is 180 Å². The Morgan fingerprint density at radius 3 is 0.890 bits per heavy atom. The van der Waals surface area contributed by atoms with E-state index < -0.39 is 97.5 Å². The van der Waals surface area contributed by atoms with Gasteiger partial charge in [-0.05, 0) is 69.1 Å². The van der Waals surface area contributed by atoms with Crippen molar-refractivity contribution in [2.75, 3.05) is 39.6 Å². The number of esters is 4. The molecule has 0 aromatic rings. The van der Waals surface area contributed by atoms with E-state index in [4.69, 9.17) is 37.0 Å². The fourth-order valence-corrected chi connectivity index (χ4v) is 13.5. The van der Waals surface area contributed by atoms with Crippen LogP contribution >= 0.6 is 15.6 Å². The molecule has 0 heterocycles. The van der Waals surface area contributed by atoms with E-state index in [-0.39, 0.29) is 25.7 Å². The largest absolute Gasteiger partial charge is 0.472 e. The van der Waals surface area contributed by atoms with E-state index >= 15 is 0 Å². The summed E-state index contributed by atoms with van der Waals surface area (Å²) in [6, 6.07) is 0. The number of rotatable bonds is 77. The Morgan fingerprint density at radius 2 is 0.590 bits per heavy atom. The Morgan fingerprint density at radius 1 is 0.330 bits per heavy atom. The molecule has 0 rings (SSSR count). The average molecular weight is 1460 g/mol. The van der Waals surface area contributed by atoms with Crippen LogP contribution in [0.3, 0.4) is 0 Å². The normalized spacial score (nSPS) is 14.4. The lowest BCUT2D eigenvalue weighted by atomic mass is 9.99. The van der Waals surface area contributed by atoms with Gasteiger partial charge in [0.05, 0.1) is 26.4 Å². The van der Waals surface area contributed by atoms with E-state index in [1.807, 2.05) is 0 Å². The molecule has 17 nitrogen and oxygen atoms in total. The number of carbonyl (C=O) groups excluding carboxylic acids is 4. The third-order valence-corrected chi connectivity index (χ3v) is 20.5. The highest BCUT2D eigenvalue weighted by molar-refractivity contribution is 7.47. The van der Waals surface area contributed by atoms with Gasteiger partial charge in [-0.25, -0.2) is 9.13 Å². The fraction of sp³-hybridized carbons (Fsp3) is 0.901. The van der Waals surface area contributed by atoms with Crippen molar-refractivity contribution in [3.05, 3.63) is 24.3 Å². The lowest BCUT2D eigenvalue weighted by Gasteiger charge is -2.21. The molecule has 3 N–H and O–H groups in total. The molecule has 100 heavy (non-hydrogen) atoms. The number of unbranched alkanes of at least 4 members (excludes halogenated alkanes) is 41. The van der Waals surface area contributed by atoms with Gasteiger partial charge in [0.1, 0.15) is 19.3 Å². The maximum Gasteiger partial charge on any atom is 0.472 e. The summed E-state index contributed by atoms with van der Waals surface area (Å²) >= 11 is 0. The van der Waals surface area contributed by atoms with Gasteiger partial charge in [0.2, 0.25) is 0 Å². The predicted molar refractivity (Wildman–Crippen MR) is 409 cm³/mol. The van der Waals surface area contributed by atoms with Crippen LogP contribution in [0.5, 0.6) is 0 Å². The molecule has 0 amide bonds. The van der Waals surface area contributed by atoms with Crippen molar-refractivity contribution < 1.29 is 80.2 Å². The summed E-state index contributed by atoms with van der Waals surface area (Å²) in [4.78, 5) is 73.0. The molecule has 0 aliphatic heterocycles. The summed E-state index contributed by atoms with van der Waals surface area (Å²) in [5.74, 6) is 0.179. The van der Waals surface area contributed by atoms with Crippen molar-refractivity contribution in [1.82, 2.24) is 0 Å². The Hall–Kier alpha value is -2.46. The van der Waals surface area contributed by atoms with Crippen LogP contribution in [0.1, 0.15) is 395 Å². The lowest BCUT2D eigenvalue weighted by molar-refractivity contribution is -0.161. The first-order valence-electron chi connectivity index (χ1n) is 41.2. The molecule has 0 spiro atoms. The van der Waals surface area contributed by atoms with Gasteiger partial charge in [0, 0.05) is 25.7 Å². The Labute approximate surface area is 612 Å². The molecule has 19 heteroatoms. The highest BCUT2D eigenvalue weighted by Crippen LogP contribution is 2.45. The second-order valence-corrected chi connectivity index (χ2v) is 32.6. The van der Waals surface area contributed by atoms with E-state index in [1.54, 1.807) is 0 Å². The molecule has 0 fully saturated rings. The Bertz CT molecular complexity index is 2040. The molecule has 0 radical (unpaired) electrons. The number of phosphoric ester groups is 2. The second kappa shape index (κ2) is 70.8. The summed E-state index contributed by atoms with van der Waals surface area (Å²) in [6.07, 6.45) is 61.9.